The Balaban J connectivity index is 1.41. The summed E-state index contributed by atoms with van der Waals surface area (Å²) in [5.41, 5.74) is 1.12. The van der Waals surface area contributed by atoms with Gasteiger partial charge in [0.1, 0.15) is 0 Å². The Morgan fingerprint density at radius 1 is 1.38 bits per heavy atom. The van der Waals surface area contributed by atoms with Crippen LogP contribution in [0, 0.1) is 18.3 Å². The first-order valence-corrected chi connectivity index (χ1v) is 9.51. The van der Waals surface area contributed by atoms with Gasteiger partial charge in [0.15, 0.2) is 5.82 Å². The topological polar surface area (TPSA) is 77.2 Å². The molecule has 0 amide bonds. The Morgan fingerprint density at radius 2 is 2.27 bits per heavy atom. The van der Waals surface area contributed by atoms with Gasteiger partial charge in [-0.3, -0.25) is 4.90 Å². The van der Waals surface area contributed by atoms with E-state index in [0.29, 0.717) is 30.3 Å². The molecule has 0 radical (unpaired) electrons. The number of ether oxygens (including phenoxy) is 1. The number of fused-ring (bicyclic) bond motifs is 1. The molecular formula is C19H27N5O2. The van der Waals surface area contributed by atoms with E-state index in [1.807, 2.05) is 13.0 Å². The number of aromatic nitrogens is 4. The van der Waals surface area contributed by atoms with Crippen molar-refractivity contribution in [3.05, 3.63) is 29.7 Å². The molecule has 2 aromatic rings. The van der Waals surface area contributed by atoms with E-state index in [0.717, 1.165) is 31.2 Å². The van der Waals surface area contributed by atoms with Gasteiger partial charge in [-0.15, -0.1) is 0 Å². The summed E-state index contributed by atoms with van der Waals surface area (Å²) >= 11 is 0. The van der Waals surface area contributed by atoms with E-state index in [4.69, 9.17) is 9.26 Å². The van der Waals surface area contributed by atoms with E-state index in [-0.39, 0.29) is 5.41 Å². The lowest BCUT2D eigenvalue weighted by atomic mass is 9.82. The fourth-order valence-electron chi connectivity index (χ4n) is 4.34. The number of aryl methyl sites for hydroxylation is 1. The Kier molecular flexibility index (Phi) is 4.65. The summed E-state index contributed by atoms with van der Waals surface area (Å²) in [6.45, 7) is 9.58. The Labute approximate surface area is 154 Å². The molecule has 1 saturated carbocycles. The maximum atomic E-state index is 6.01. The second-order valence-electron chi connectivity index (χ2n) is 8.09. The van der Waals surface area contributed by atoms with E-state index in [9.17, 15) is 0 Å². The van der Waals surface area contributed by atoms with Crippen LogP contribution in [0.2, 0.25) is 0 Å². The fraction of sp³-hybridized carbons (Fsp3) is 0.684. The lowest BCUT2D eigenvalue weighted by Crippen LogP contribution is -2.34. The molecule has 0 aromatic carbocycles. The van der Waals surface area contributed by atoms with E-state index in [1.54, 1.807) is 6.20 Å². The van der Waals surface area contributed by atoms with Crippen molar-refractivity contribution in [2.24, 2.45) is 11.3 Å². The largest absolute Gasteiger partial charge is 0.463 e. The van der Waals surface area contributed by atoms with Crippen LogP contribution in [-0.2, 0) is 6.54 Å². The highest BCUT2D eigenvalue weighted by atomic mass is 16.5. The molecular weight excluding hydrogens is 330 g/mol. The van der Waals surface area contributed by atoms with Crippen molar-refractivity contribution in [2.75, 3.05) is 19.7 Å². The third-order valence-electron chi connectivity index (χ3n) is 5.73. The molecule has 4 rings (SSSR count). The highest BCUT2D eigenvalue weighted by molar-refractivity contribution is 5.06. The highest BCUT2D eigenvalue weighted by Crippen LogP contribution is 2.49. The van der Waals surface area contributed by atoms with Gasteiger partial charge in [0, 0.05) is 36.3 Å². The summed E-state index contributed by atoms with van der Waals surface area (Å²) < 4.78 is 11.4. The van der Waals surface area contributed by atoms with Crippen molar-refractivity contribution < 1.29 is 9.26 Å². The second kappa shape index (κ2) is 6.95. The zero-order valence-electron chi connectivity index (χ0n) is 15.8. The molecule has 1 aliphatic heterocycles. The van der Waals surface area contributed by atoms with Crippen molar-refractivity contribution in [2.45, 2.75) is 52.5 Å². The summed E-state index contributed by atoms with van der Waals surface area (Å²) in [5, 5.41) is 4.08. The Hall–Kier alpha value is -2.02. The molecule has 26 heavy (non-hydrogen) atoms. The third-order valence-corrected chi connectivity index (χ3v) is 5.73. The molecule has 7 heteroatoms. The van der Waals surface area contributed by atoms with Crippen LogP contribution in [0.25, 0.3) is 0 Å². The molecule has 140 valence electrons. The lowest BCUT2D eigenvalue weighted by Gasteiger charge is -2.28. The van der Waals surface area contributed by atoms with Gasteiger partial charge < -0.3 is 9.26 Å². The number of hydrogen-bond donors (Lipinski definition) is 0. The van der Waals surface area contributed by atoms with Crippen LogP contribution in [0.15, 0.2) is 16.8 Å². The van der Waals surface area contributed by atoms with Crippen molar-refractivity contribution >= 4 is 0 Å². The molecule has 2 aromatic heterocycles. The molecule has 3 heterocycles. The third kappa shape index (κ3) is 3.45. The molecule has 2 aliphatic rings. The minimum atomic E-state index is 0.188. The zero-order valence-corrected chi connectivity index (χ0v) is 15.8. The fourth-order valence-corrected chi connectivity index (χ4v) is 4.34. The Bertz CT molecular complexity index is 762. The van der Waals surface area contributed by atoms with Crippen molar-refractivity contribution in [3.8, 4) is 6.01 Å². The molecule has 7 nitrogen and oxygen atoms in total. The maximum absolute atomic E-state index is 6.01. The van der Waals surface area contributed by atoms with Crippen LogP contribution in [0.4, 0.5) is 0 Å². The first-order chi connectivity index (χ1) is 12.5. The van der Waals surface area contributed by atoms with Gasteiger partial charge in [-0.1, -0.05) is 25.4 Å². The summed E-state index contributed by atoms with van der Waals surface area (Å²) in [5.74, 6) is 2.44. The van der Waals surface area contributed by atoms with Crippen LogP contribution in [0.5, 0.6) is 6.01 Å². The molecule has 0 N–H and O–H groups in total. The second-order valence-corrected chi connectivity index (χ2v) is 8.09. The maximum Gasteiger partial charge on any atom is 0.316 e. The molecule has 1 saturated heterocycles. The molecule has 0 bridgehead atoms. The van der Waals surface area contributed by atoms with E-state index in [2.05, 4.69) is 38.9 Å². The minimum absolute atomic E-state index is 0.188. The molecule has 2 atom stereocenters. The van der Waals surface area contributed by atoms with Crippen molar-refractivity contribution in [1.29, 1.82) is 0 Å². The summed E-state index contributed by atoms with van der Waals surface area (Å²) in [6.07, 6.45) is 5.48. The molecule has 2 unspecified atom stereocenters. The van der Waals surface area contributed by atoms with E-state index >= 15 is 0 Å². The number of rotatable bonds is 6. The molecule has 1 aliphatic carbocycles. The van der Waals surface area contributed by atoms with Crippen molar-refractivity contribution in [3.63, 3.8) is 0 Å². The standard InChI is InChI=1S/C19H27N5O2/c1-13(2)17-22-16(26-23-17)10-24-9-15-5-4-7-19(15,11-24)12-25-18-20-8-6-14(3)21-18/h6,8,13,15H,4-5,7,9-12H2,1-3H3. The van der Waals surface area contributed by atoms with Gasteiger partial charge in [0.2, 0.25) is 5.89 Å². The molecule has 0 spiro atoms. The summed E-state index contributed by atoms with van der Waals surface area (Å²) in [4.78, 5) is 15.6. The summed E-state index contributed by atoms with van der Waals surface area (Å²) in [6, 6.07) is 2.37. The summed E-state index contributed by atoms with van der Waals surface area (Å²) in [7, 11) is 0. The smallest absolute Gasteiger partial charge is 0.316 e. The quantitative estimate of drug-likeness (QED) is 0.786. The average Bonchev–Trinajstić information content (AvgIpc) is 3.28. The normalized spacial score (nSPS) is 25.8. The number of likely N-dealkylation sites (tertiary alicyclic amines) is 1. The first kappa shape index (κ1) is 17.4. The minimum Gasteiger partial charge on any atom is -0.463 e. The van der Waals surface area contributed by atoms with E-state index < -0.39 is 0 Å². The number of nitrogens with zero attached hydrogens (tertiary/aromatic N) is 5. The van der Waals surface area contributed by atoms with Crippen LogP contribution in [0.1, 0.15) is 56.4 Å². The Morgan fingerprint density at radius 3 is 3.04 bits per heavy atom. The van der Waals surface area contributed by atoms with E-state index in [1.165, 1.54) is 19.3 Å². The lowest BCUT2D eigenvalue weighted by molar-refractivity contribution is 0.118. The highest BCUT2D eigenvalue weighted by Gasteiger charge is 2.50. The van der Waals surface area contributed by atoms with Crippen LogP contribution in [-0.4, -0.2) is 44.7 Å². The van der Waals surface area contributed by atoms with Gasteiger partial charge in [-0.2, -0.15) is 4.98 Å². The van der Waals surface area contributed by atoms with Crippen LogP contribution >= 0.6 is 0 Å². The predicted octanol–water partition coefficient (Wildman–Crippen LogP) is 2.97. The molecule has 2 fully saturated rings. The van der Waals surface area contributed by atoms with Crippen LogP contribution < -0.4 is 4.74 Å². The van der Waals surface area contributed by atoms with Crippen LogP contribution in [0.3, 0.4) is 0 Å². The number of hydrogen-bond acceptors (Lipinski definition) is 7. The van der Waals surface area contributed by atoms with Gasteiger partial charge in [-0.05, 0) is 31.7 Å². The monoisotopic (exact) mass is 357 g/mol. The first-order valence-electron chi connectivity index (χ1n) is 9.51. The van der Waals surface area contributed by atoms with Gasteiger partial charge >= 0.3 is 6.01 Å². The van der Waals surface area contributed by atoms with Gasteiger partial charge in [0.25, 0.3) is 0 Å². The van der Waals surface area contributed by atoms with Gasteiger partial charge in [0.05, 0.1) is 13.2 Å². The van der Waals surface area contributed by atoms with Crippen molar-refractivity contribution in [1.82, 2.24) is 25.0 Å². The average molecular weight is 357 g/mol. The van der Waals surface area contributed by atoms with Gasteiger partial charge in [-0.25, -0.2) is 9.97 Å². The zero-order chi connectivity index (χ0) is 18.1. The predicted molar refractivity (Wildman–Crippen MR) is 95.7 cm³/mol. The SMILES string of the molecule is Cc1ccnc(OCC23CCCC2CN(Cc2nc(C(C)C)no2)C3)n1.